The largest absolute Gasteiger partial charge is 0.425 e. The van der Waals surface area contributed by atoms with Gasteiger partial charge in [-0.25, -0.2) is 0 Å². The molecular weight excluding hydrogens is 459 g/mol. The fourth-order valence-corrected chi connectivity index (χ4v) is 4.09. The van der Waals surface area contributed by atoms with E-state index in [9.17, 15) is 27.6 Å². The molecule has 4 rings (SSSR count). The highest BCUT2D eigenvalue weighted by Crippen LogP contribution is 2.46. The van der Waals surface area contributed by atoms with Crippen LogP contribution in [0, 0.1) is 0 Å². The minimum Gasteiger partial charge on any atom is -0.326 e. The number of nitrogens with one attached hydrogen (secondary N) is 1. The third-order valence-corrected chi connectivity index (χ3v) is 5.82. The van der Waals surface area contributed by atoms with E-state index in [1.807, 2.05) is 5.32 Å². The molecule has 2 amide bonds. The number of ketones is 1. The molecule has 0 spiro atoms. The summed E-state index contributed by atoms with van der Waals surface area (Å²) in [6.07, 6.45) is -2.84. The summed E-state index contributed by atoms with van der Waals surface area (Å²) in [5.41, 5.74) is -4.20. The van der Waals surface area contributed by atoms with E-state index in [4.69, 9.17) is 0 Å². The van der Waals surface area contributed by atoms with Gasteiger partial charge in [-0.3, -0.25) is 19.4 Å². The SMILES string of the molecule is CC1=C(C(=O)c2ccccc2)[C@](NC(=O)c2ccncc2)(C(F)(F)F)C(=O)N1Cc1ccccc1. The first-order valence-corrected chi connectivity index (χ1v) is 10.6. The van der Waals surface area contributed by atoms with E-state index in [1.54, 1.807) is 36.4 Å². The molecule has 178 valence electrons. The van der Waals surface area contributed by atoms with Gasteiger partial charge in [0.2, 0.25) is 5.54 Å². The lowest BCUT2D eigenvalue weighted by atomic mass is 9.84. The number of carbonyl (C=O) groups is 3. The Bertz CT molecular complexity index is 1290. The Morgan fingerprint density at radius 2 is 1.49 bits per heavy atom. The van der Waals surface area contributed by atoms with Crippen LogP contribution >= 0.6 is 0 Å². The molecule has 0 radical (unpaired) electrons. The quantitative estimate of drug-likeness (QED) is 0.535. The van der Waals surface area contributed by atoms with Gasteiger partial charge >= 0.3 is 6.18 Å². The summed E-state index contributed by atoms with van der Waals surface area (Å²) in [5.74, 6) is -3.61. The lowest BCUT2D eigenvalue weighted by molar-refractivity contribution is -0.189. The molecule has 1 atom stereocenters. The lowest BCUT2D eigenvalue weighted by Crippen LogP contribution is -2.66. The van der Waals surface area contributed by atoms with Crippen molar-refractivity contribution >= 4 is 17.6 Å². The van der Waals surface area contributed by atoms with Gasteiger partial charge in [0.1, 0.15) is 0 Å². The zero-order valence-electron chi connectivity index (χ0n) is 18.5. The average Bonchev–Trinajstić information content (AvgIpc) is 3.07. The molecule has 1 N–H and O–H groups in total. The van der Waals surface area contributed by atoms with Crippen molar-refractivity contribution in [3.8, 4) is 0 Å². The van der Waals surface area contributed by atoms with Crippen molar-refractivity contribution in [3.63, 3.8) is 0 Å². The van der Waals surface area contributed by atoms with Crippen LogP contribution < -0.4 is 5.32 Å². The number of Topliss-reactive ketones (excluding diaryl/α,β-unsaturated/α-hetero) is 1. The standard InChI is InChI=1S/C26H20F3N3O3/c1-17-21(22(33)19-10-6-3-7-11-19)25(26(27,28)29,31-23(34)20-12-14-30-15-13-20)24(35)32(17)16-18-8-4-2-5-9-18/h2-15H,16H2,1H3,(H,31,34)/t25-/m1/s1. The van der Waals surface area contributed by atoms with Crippen molar-refractivity contribution in [1.29, 1.82) is 0 Å². The van der Waals surface area contributed by atoms with Gasteiger partial charge in [0.05, 0.1) is 12.1 Å². The van der Waals surface area contributed by atoms with Gasteiger partial charge in [0.25, 0.3) is 11.8 Å². The Kier molecular flexibility index (Phi) is 6.26. The summed E-state index contributed by atoms with van der Waals surface area (Å²) in [4.78, 5) is 44.6. The van der Waals surface area contributed by atoms with Crippen molar-refractivity contribution < 1.29 is 27.6 Å². The summed E-state index contributed by atoms with van der Waals surface area (Å²) in [5, 5.41) is 1.88. The number of alkyl halides is 3. The van der Waals surface area contributed by atoms with E-state index in [0.717, 1.165) is 4.90 Å². The second-order valence-electron chi connectivity index (χ2n) is 7.97. The fraction of sp³-hybridized carbons (Fsp3) is 0.154. The molecule has 1 aliphatic rings. The number of carbonyl (C=O) groups excluding carboxylic acids is 3. The maximum atomic E-state index is 14.9. The highest BCUT2D eigenvalue weighted by Gasteiger charge is 2.70. The number of benzene rings is 2. The van der Waals surface area contributed by atoms with E-state index in [1.165, 1.54) is 55.7 Å². The third-order valence-electron chi connectivity index (χ3n) is 5.82. The van der Waals surface area contributed by atoms with E-state index < -0.39 is 34.9 Å². The van der Waals surface area contributed by atoms with Crippen LogP contribution in [-0.4, -0.2) is 39.2 Å². The van der Waals surface area contributed by atoms with Gasteiger partial charge in [-0.15, -0.1) is 0 Å². The van der Waals surface area contributed by atoms with Crippen molar-refractivity contribution in [2.24, 2.45) is 0 Å². The van der Waals surface area contributed by atoms with Crippen LogP contribution in [0.5, 0.6) is 0 Å². The topological polar surface area (TPSA) is 79.4 Å². The van der Waals surface area contributed by atoms with Crippen LogP contribution in [0.1, 0.15) is 33.2 Å². The van der Waals surface area contributed by atoms with Gasteiger partial charge < -0.3 is 10.2 Å². The summed E-state index contributed by atoms with van der Waals surface area (Å²) in [6.45, 7) is 1.07. The van der Waals surface area contributed by atoms with E-state index >= 15 is 0 Å². The number of allylic oxidation sites excluding steroid dienone is 1. The highest BCUT2D eigenvalue weighted by molar-refractivity contribution is 6.19. The molecule has 6 nitrogen and oxygen atoms in total. The normalized spacial score (nSPS) is 18.1. The van der Waals surface area contributed by atoms with Crippen LogP contribution in [0.15, 0.2) is 96.5 Å². The van der Waals surface area contributed by atoms with E-state index in [2.05, 4.69) is 4.98 Å². The Balaban J connectivity index is 1.89. The zero-order valence-corrected chi connectivity index (χ0v) is 18.5. The van der Waals surface area contributed by atoms with Gasteiger partial charge in [-0.05, 0) is 24.6 Å². The fourth-order valence-electron chi connectivity index (χ4n) is 4.09. The molecule has 1 aliphatic heterocycles. The number of hydrogen-bond acceptors (Lipinski definition) is 4. The van der Waals surface area contributed by atoms with Gasteiger partial charge in [-0.2, -0.15) is 13.2 Å². The van der Waals surface area contributed by atoms with Crippen molar-refractivity contribution in [2.75, 3.05) is 0 Å². The minimum atomic E-state index is -5.32. The third kappa shape index (κ3) is 4.21. The molecule has 0 fully saturated rings. The molecular formula is C26H20F3N3O3. The van der Waals surface area contributed by atoms with Crippen LogP contribution in [0.4, 0.5) is 13.2 Å². The maximum absolute atomic E-state index is 14.9. The first-order valence-electron chi connectivity index (χ1n) is 10.6. The first-order chi connectivity index (χ1) is 16.7. The molecule has 3 aromatic rings. The van der Waals surface area contributed by atoms with Gasteiger partial charge in [-0.1, -0.05) is 60.7 Å². The number of pyridine rings is 1. The second-order valence-corrected chi connectivity index (χ2v) is 7.97. The summed E-state index contributed by atoms with van der Waals surface area (Å²) in [6, 6.07) is 18.2. The Morgan fingerprint density at radius 1 is 0.914 bits per heavy atom. The summed E-state index contributed by atoms with van der Waals surface area (Å²) in [7, 11) is 0. The molecule has 2 aromatic carbocycles. The molecule has 1 aromatic heterocycles. The highest BCUT2D eigenvalue weighted by atomic mass is 19.4. The first kappa shape index (κ1) is 23.9. The van der Waals surface area contributed by atoms with Crippen LogP contribution in [0.2, 0.25) is 0 Å². The van der Waals surface area contributed by atoms with Crippen molar-refractivity contribution in [2.45, 2.75) is 25.2 Å². The maximum Gasteiger partial charge on any atom is 0.425 e. The zero-order chi connectivity index (χ0) is 25.2. The van der Waals surface area contributed by atoms with Gasteiger partial charge in [0, 0.05) is 29.2 Å². The number of rotatable bonds is 6. The molecule has 0 bridgehead atoms. The number of nitrogens with zero attached hydrogens (tertiary/aromatic N) is 2. The molecule has 9 heteroatoms. The molecule has 0 unspecified atom stereocenters. The Labute approximate surface area is 199 Å². The predicted octanol–water partition coefficient (Wildman–Crippen LogP) is 4.31. The Morgan fingerprint density at radius 3 is 2.06 bits per heavy atom. The van der Waals surface area contributed by atoms with Crippen LogP contribution in [0.3, 0.4) is 0 Å². The summed E-state index contributed by atoms with van der Waals surface area (Å²) < 4.78 is 44.7. The monoisotopic (exact) mass is 479 g/mol. The summed E-state index contributed by atoms with van der Waals surface area (Å²) >= 11 is 0. The molecule has 0 aliphatic carbocycles. The minimum absolute atomic E-state index is 0.0389. The van der Waals surface area contributed by atoms with Gasteiger partial charge in [0.15, 0.2) is 5.78 Å². The van der Waals surface area contributed by atoms with E-state index in [-0.39, 0.29) is 23.4 Å². The molecule has 0 saturated carbocycles. The van der Waals surface area contributed by atoms with Crippen LogP contribution in [0.25, 0.3) is 0 Å². The van der Waals surface area contributed by atoms with Crippen molar-refractivity contribution in [3.05, 3.63) is 113 Å². The number of hydrogen-bond donors (Lipinski definition) is 1. The van der Waals surface area contributed by atoms with E-state index in [0.29, 0.717) is 5.56 Å². The van der Waals surface area contributed by atoms with Crippen molar-refractivity contribution in [1.82, 2.24) is 15.2 Å². The molecule has 35 heavy (non-hydrogen) atoms. The Hall–Kier alpha value is -4.27. The number of aromatic nitrogens is 1. The predicted molar refractivity (Wildman–Crippen MR) is 121 cm³/mol. The molecule has 0 saturated heterocycles. The lowest BCUT2D eigenvalue weighted by Gasteiger charge is -2.33. The second kappa shape index (κ2) is 9.17. The number of halogens is 3. The smallest absolute Gasteiger partial charge is 0.326 e. The average molecular weight is 479 g/mol. The molecule has 2 heterocycles. The van der Waals surface area contributed by atoms with Crippen LogP contribution in [-0.2, 0) is 11.3 Å². The number of amides is 2.